The van der Waals surface area contributed by atoms with Crippen molar-refractivity contribution in [3.8, 4) is 0 Å². The molecule has 0 aliphatic carbocycles. The minimum atomic E-state index is 0.789. The first-order chi connectivity index (χ1) is 8.15. The normalized spacial score (nSPS) is 10.5. The molecule has 2 N–H and O–H groups in total. The number of aryl methyl sites for hydroxylation is 1. The third kappa shape index (κ3) is 3.42. The lowest BCUT2D eigenvalue weighted by molar-refractivity contribution is 1.29. The van der Waals surface area contributed by atoms with Gasteiger partial charge in [-0.25, -0.2) is 0 Å². The van der Waals surface area contributed by atoms with Gasteiger partial charge in [-0.1, -0.05) is 23.7 Å². The summed E-state index contributed by atoms with van der Waals surface area (Å²) in [6, 6.07) is 14.0. The van der Waals surface area contributed by atoms with Crippen molar-refractivity contribution in [3.05, 3.63) is 58.6 Å². The van der Waals surface area contributed by atoms with Crippen LogP contribution in [-0.4, -0.2) is 0 Å². The molecule has 0 bridgehead atoms. The number of thioether (sulfide) groups is 1. The van der Waals surface area contributed by atoms with Gasteiger partial charge in [0.2, 0.25) is 0 Å². The van der Waals surface area contributed by atoms with Crippen molar-refractivity contribution >= 4 is 29.1 Å². The molecule has 3 heteroatoms. The molecule has 2 aromatic carbocycles. The largest absolute Gasteiger partial charge is 0.399 e. The van der Waals surface area contributed by atoms with Crippen LogP contribution in [0.15, 0.2) is 47.4 Å². The molecule has 0 spiro atoms. The van der Waals surface area contributed by atoms with E-state index in [1.807, 2.05) is 30.3 Å². The second-order valence-electron chi connectivity index (χ2n) is 3.94. The number of halogens is 1. The van der Waals surface area contributed by atoms with Gasteiger partial charge in [0.05, 0.1) is 0 Å². The van der Waals surface area contributed by atoms with Crippen molar-refractivity contribution in [3.63, 3.8) is 0 Å². The summed E-state index contributed by atoms with van der Waals surface area (Å²) < 4.78 is 0. The van der Waals surface area contributed by atoms with Crippen molar-refractivity contribution < 1.29 is 0 Å². The second-order valence-corrected chi connectivity index (χ2v) is 5.40. The van der Waals surface area contributed by atoms with Crippen LogP contribution >= 0.6 is 23.4 Å². The standard InChI is InChI=1S/C14H14ClNS/c1-10-7-13(16)5-6-14(10)17-9-11-3-2-4-12(15)8-11/h2-8H,9,16H2,1H3. The minimum Gasteiger partial charge on any atom is -0.399 e. The van der Waals surface area contributed by atoms with Gasteiger partial charge in [0.25, 0.3) is 0 Å². The number of benzene rings is 2. The summed E-state index contributed by atoms with van der Waals surface area (Å²) in [4.78, 5) is 1.26. The Labute approximate surface area is 111 Å². The topological polar surface area (TPSA) is 26.0 Å². The van der Waals surface area contributed by atoms with E-state index in [0.717, 1.165) is 16.5 Å². The zero-order valence-corrected chi connectivity index (χ0v) is 11.2. The first kappa shape index (κ1) is 12.3. The van der Waals surface area contributed by atoms with Gasteiger partial charge in [-0.2, -0.15) is 0 Å². The summed E-state index contributed by atoms with van der Waals surface area (Å²) in [5.74, 6) is 0.922. The molecule has 0 unspecified atom stereocenters. The highest BCUT2D eigenvalue weighted by Gasteiger charge is 2.01. The third-order valence-corrected chi connectivity index (χ3v) is 3.96. The highest BCUT2D eigenvalue weighted by atomic mass is 35.5. The van der Waals surface area contributed by atoms with Crippen molar-refractivity contribution in [1.29, 1.82) is 0 Å². The van der Waals surface area contributed by atoms with E-state index in [0.29, 0.717) is 0 Å². The maximum absolute atomic E-state index is 5.95. The molecule has 0 saturated heterocycles. The van der Waals surface area contributed by atoms with Crippen LogP contribution in [0.5, 0.6) is 0 Å². The Bertz CT molecular complexity index is 525. The van der Waals surface area contributed by atoms with E-state index >= 15 is 0 Å². The molecule has 1 nitrogen and oxygen atoms in total. The van der Waals surface area contributed by atoms with E-state index in [2.05, 4.69) is 19.1 Å². The summed E-state index contributed by atoms with van der Waals surface area (Å²) in [6.07, 6.45) is 0. The molecule has 0 atom stereocenters. The molecule has 0 aliphatic rings. The summed E-state index contributed by atoms with van der Waals surface area (Å²) in [6.45, 7) is 2.08. The van der Waals surface area contributed by atoms with Gasteiger partial charge in [-0.3, -0.25) is 0 Å². The molecule has 0 radical (unpaired) electrons. The molecule has 2 rings (SSSR count). The van der Waals surface area contributed by atoms with Gasteiger partial charge < -0.3 is 5.73 Å². The molecular weight excluding hydrogens is 250 g/mol. The number of anilines is 1. The van der Waals surface area contributed by atoms with Crippen molar-refractivity contribution in [2.75, 3.05) is 5.73 Å². The Kier molecular flexibility index (Phi) is 3.97. The zero-order chi connectivity index (χ0) is 12.3. The van der Waals surface area contributed by atoms with Crippen LogP contribution in [0.1, 0.15) is 11.1 Å². The van der Waals surface area contributed by atoms with Gasteiger partial charge in [-0.05, 0) is 48.4 Å². The number of rotatable bonds is 3. The third-order valence-electron chi connectivity index (χ3n) is 2.48. The molecule has 2 aromatic rings. The maximum atomic E-state index is 5.95. The maximum Gasteiger partial charge on any atom is 0.0409 e. The minimum absolute atomic E-state index is 0.789. The highest BCUT2D eigenvalue weighted by molar-refractivity contribution is 7.98. The summed E-state index contributed by atoms with van der Waals surface area (Å²) in [5, 5.41) is 0.789. The molecule has 0 aromatic heterocycles. The highest BCUT2D eigenvalue weighted by Crippen LogP contribution is 2.27. The Morgan fingerprint density at radius 3 is 2.71 bits per heavy atom. The van der Waals surface area contributed by atoms with E-state index in [-0.39, 0.29) is 0 Å². The fraction of sp³-hybridized carbons (Fsp3) is 0.143. The second kappa shape index (κ2) is 5.48. The Hall–Kier alpha value is -1.12. The van der Waals surface area contributed by atoms with E-state index in [9.17, 15) is 0 Å². The number of nitrogens with two attached hydrogens (primary N) is 1. The van der Waals surface area contributed by atoms with E-state index in [1.165, 1.54) is 16.0 Å². The zero-order valence-electron chi connectivity index (χ0n) is 9.61. The molecule has 0 aliphatic heterocycles. The first-order valence-corrected chi connectivity index (χ1v) is 6.75. The lowest BCUT2D eigenvalue weighted by Gasteiger charge is -2.06. The lowest BCUT2D eigenvalue weighted by atomic mass is 10.2. The Morgan fingerprint density at radius 2 is 2.00 bits per heavy atom. The molecule has 0 fully saturated rings. The molecule has 0 heterocycles. The van der Waals surface area contributed by atoms with Crippen molar-refractivity contribution in [1.82, 2.24) is 0 Å². The van der Waals surface area contributed by atoms with Crippen LogP contribution < -0.4 is 5.73 Å². The summed E-state index contributed by atoms with van der Waals surface area (Å²) in [7, 11) is 0. The first-order valence-electron chi connectivity index (χ1n) is 5.38. The van der Waals surface area contributed by atoms with Crippen LogP contribution in [0.2, 0.25) is 5.02 Å². The predicted octanol–water partition coefficient (Wildman–Crippen LogP) is 4.52. The SMILES string of the molecule is Cc1cc(N)ccc1SCc1cccc(Cl)c1. The van der Waals surface area contributed by atoms with Crippen LogP contribution in [0, 0.1) is 6.92 Å². The Morgan fingerprint density at radius 1 is 1.18 bits per heavy atom. The molecule has 0 amide bonds. The van der Waals surface area contributed by atoms with Crippen LogP contribution in [-0.2, 0) is 5.75 Å². The van der Waals surface area contributed by atoms with Gasteiger partial charge in [0, 0.05) is 21.4 Å². The van der Waals surface area contributed by atoms with Crippen LogP contribution in [0.4, 0.5) is 5.69 Å². The number of hydrogen-bond acceptors (Lipinski definition) is 2. The monoisotopic (exact) mass is 263 g/mol. The number of nitrogen functional groups attached to an aromatic ring is 1. The van der Waals surface area contributed by atoms with Crippen LogP contribution in [0.3, 0.4) is 0 Å². The molecule has 88 valence electrons. The average Bonchev–Trinajstić information content (AvgIpc) is 2.28. The van der Waals surface area contributed by atoms with Crippen LogP contribution in [0.25, 0.3) is 0 Å². The smallest absolute Gasteiger partial charge is 0.0409 e. The lowest BCUT2D eigenvalue weighted by Crippen LogP contribution is -1.88. The molecule has 0 saturated carbocycles. The number of hydrogen-bond donors (Lipinski definition) is 1. The van der Waals surface area contributed by atoms with Gasteiger partial charge in [0.1, 0.15) is 0 Å². The predicted molar refractivity (Wildman–Crippen MR) is 76.6 cm³/mol. The van der Waals surface area contributed by atoms with E-state index in [1.54, 1.807) is 11.8 Å². The van der Waals surface area contributed by atoms with E-state index < -0.39 is 0 Å². The van der Waals surface area contributed by atoms with Gasteiger partial charge >= 0.3 is 0 Å². The quantitative estimate of drug-likeness (QED) is 0.651. The molecular formula is C14H14ClNS. The van der Waals surface area contributed by atoms with Crippen molar-refractivity contribution in [2.45, 2.75) is 17.6 Å². The Balaban J connectivity index is 2.07. The fourth-order valence-electron chi connectivity index (χ4n) is 1.62. The average molecular weight is 264 g/mol. The summed E-state index contributed by atoms with van der Waals surface area (Å²) >= 11 is 7.76. The van der Waals surface area contributed by atoms with Crippen molar-refractivity contribution in [2.24, 2.45) is 0 Å². The van der Waals surface area contributed by atoms with Gasteiger partial charge in [0.15, 0.2) is 0 Å². The van der Waals surface area contributed by atoms with Gasteiger partial charge in [-0.15, -0.1) is 11.8 Å². The van der Waals surface area contributed by atoms with E-state index in [4.69, 9.17) is 17.3 Å². The molecule has 17 heavy (non-hydrogen) atoms. The fourth-order valence-corrected chi connectivity index (χ4v) is 2.79. The summed E-state index contributed by atoms with van der Waals surface area (Å²) in [5.41, 5.74) is 9.00.